The molecule has 0 radical (unpaired) electrons. The van der Waals surface area contributed by atoms with E-state index in [-0.39, 0.29) is 24.4 Å². The fourth-order valence-electron chi connectivity index (χ4n) is 2.22. The van der Waals surface area contributed by atoms with E-state index >= 15 is 0 Å². The van der Waals surface area contributed by atoms with Gasteiger partial charge < -0.3 is 15.5 Å². The van der Waals surface area contributed by atoms with Gasteiger partial charge in [-0.3, -0.25) is 0 Å². The highest BCUT2D eigenvalue weighted by Gasteiger charge is 2.28. The highest BCUT2D eigenvalue weighted by molar-refractivity contribution is 5.69. The summed E-state index contributed by atoms with van der Waals surface area (Å²) in [5.41, 5.74) is 1.90. The van der Waals surface area contributed by atoms with Crippen LogP contribution in [0.5, 0.6) is 0 Å². The molecule has 0 saturated carbocycles. The summed E-state index contributed by atoms with van der Waals surface area (Å²) < 4.78 is 14.1. The van der Waals surface area contributed by atoms with Gasteiger partial charge in [0.05, 0.1) is 12.7 Å². The van der Waals surface area contributed by atoms with Crippen LogP contribution >= 0.6 is 0 Å². The Bertz CT molecular complexity index is 483. The number of allylic oxidation sites excluding steroid dienone is 1. The third-order valence-electron chi connectivity index (χ3n) is 3.20. The number of rotatable bonds is 4. The average Bonchev–Trinajstić information content (AvgIpc) is 2.62. The quantitative estimate of drug-likeness (QED) is 0.766. The Hall–Kier alpha value is -1.39. The molecular weight excluding hydrogens is 233 g/mol. The van der Waals surface area contributed by atoms with Crippen molar-refractivity contribution in [1.82, 2.24) is 0 Å². The number of hydrogen-bond acceptors (Lipinski definition) is 3. The minimum absolute atomic E-state index is 0.196. The number of aliphatic hydroxyl groups is 2. The van der Waals surface area contributed by atoms with E-state index in [0.717, 1.165) is 5.56 Å². The van der Waals surface area contributed by atoms with Crippen LogP contribution in [0.1, 0.15) is 25.0 Å². The van der Waals surface area contributed by atoms with Gasteiger partial charge in [0.15, 0.2) is 0 Å². The molecule has 1 aromatic carbocycles. The normalized spacial score (nSPS) is 17.6. The first-order valence-corrected chi connectivity index (χ1v) is 6.00. The molecule has 4 heteroatoms. The van der Waals surface area contributed by atoms with E-state index in [0.29, 0.717) is 11.3 Å². The topological polar surface area (TPSA) is 52.5 Å². The zero-order valence-corrected chi connectivity index (χ0v) is 10.6. The van der Waals surface area contributed by atoms with Gasteiger partial charge in [-0.2, -0.15) is 0 Å². The summed E-state index contributed by atoms with van der Waals surface area (Å²) in [6.07, 6.45) is 3.05. The molecule has 1 aliphatic carbocycles. The van der Waals surface area contributed by atoms with Crippen LogP contribution < -0.4 is 5.32 Å². The highest BCUT2D eigenvalue weighted by Crippen LogP contribution is 2.38. The molecule has 0 fully saturated rings. The van der Waals surface area contributed by atoms with Crippen molar-refractivity contribution in [1.29, 1.82) is 0 Å². The van der Waals surface area contributed by atoms with Gasteiger partial charge in [0.2, 0.25) is 0 Å². The average molecular weight is 251 g/mol. The fraction of sp³-hybridized carbons (Fsp3) is 0.429. The number of benzene rings is 1. The third-order valence-corrected chi connectivity index (χ3v) is 3.20. The van der Waals surface area contributed by atoms with Crippen molar-refractivity contribution in [2.24, 2.45) is 0 Å². The van der Waals surface area contributed by atoms with Crippen molar-refractivity contribution in [2.45, 2.75) is 25.4 Å². The van der Waals surface area contributed by atoms with E-state index in [9.17, 15) is 9.50 Å². The van der Waals surface area contributed by atoms with E-state index in [1.54, 1.807) is 0 Å². The van der Waals surface area contributed by atoms with Crippen LogP contribution in [0.4, 0.5) is 10.1 Å². The Kier molecular flexibility index (Phi) is 3.41. The molecular formula is C14H18FNO2. The van der Waals surface area contributed by atoms with E-state index in [4.69, 9.17) is 5.11 Å². The number of halogens is 1. The Balaban J connectivity index is 2.22. The van der Waals surface area contributed by atoms with Crippen LogP contribution in [-0.4, -0.2) is 29.5 Å². The molecule has 0 amide bonds. The van der Waals surface area contributed by atoms with E-state index in [2.05, 4.69) is 5.32 Å². The summed E-state index contributed by atoms with van der Waals surface area (Å²) in [4.78, 5) is 0. The molecule has 0 heterocycles. The van der Waals surface area contributed by atoms with Crippen molar-refractivity contribution in [3.8, 4) is 0 Å². The molecule has 0 aromatic heterocycles. The third kappa shape index (κ3) is 2.40. The molecule has 2 rings (SSSR count). The van der Waals surface area contributed by atoms with E-state index in [1.807, 2.05) is 32.1 Å². The second kappa shape index (κ2) is 4.71. The molecule has 0 spiro atoms. The van der Waals surface area contributed by atoms with E-state index < -0.39 is 6.10 Å². The standard InChI is InChI=1S/C14H18FNO2/c1-14(2)4-3-9-5-10(6-12(15)13(9)14)16-7-11(18)8-17/h3-6,11,16-18H,7-8H2,1-2H3. The molecule has 1 aliphatic rings. The summed E-state index contributed by atoms with van der Waals surface area (Å²) in [5, 5.41) is 20.9. The summed E-state index contributed by atoms with van der Waals surface area (Å²) in [6.45, 7) is 3.83. The number of nitrogens with one attached hydrogen (secondary N) is 1. The zero-order chi connectivity index (χ0) is 13.3. The number of anilines is 1. The lowest BCUT2D eigenvalue weighted by Crippen LogP contribution is -2.23. The van der Waals surface area contributed by atoms with Crippen molar-refractivity contribution < 1.29 is 14.6 Å². The SMILES string of the molecule is CC1(C)C=Cc2cc(NCC(O)CO)cc(F)c21. The molecule has 0 aliphatic heterocycles. The maximum Gasteiger partial charge on any atom is 0.129 e. The Labute approximate surface area is 106 Å². The van der Waals surface area contributed by atoms with Crippen LogP contribution in [0.3, 0.4) is 0 Å². The number of aliphatic hydroxyl groups excluding tert-OH is 2. The van der Waals surface area contributed by atoms with Gasteiger partial charge in [-0.15, -0.1) is 0 Å². The minimum atomic E-state index is -0.840. The molecule has 3 nitrogen and oxygen atoms in total. The Morgan fingerprint density at radius 3 is 2.78 bits per heavy atom. The van der Waals surface area contributed by atoms with Gasteiger partial charge in [-0.25, -0.2) is 4.39 Å². The lowest BCUT2D eigenvalue weighted by Gasteiger charge is -2.19. The number of fused-ring (bicyclic) bond motifs is 1. The molecule has 0 bridgehead atoms. The Morgan fingerprint density at radius 1 is 1.39 bits per heavy atom. The predicted molar refractivity (Wildman–Crippen MR) is 70.0 cm³/mol. The predicted octanol–water partition coefficient (Wildman–Crippen LogP) is 1.90. The maximum absolute atomic E-state index is 14.1. The second-order valence-corrected chi connectivity index (χ2v) is 5.19. The van der Waals surface area contributed by atoms with Crippen molar-refractivity contribution in [2.75, 3.05) is 18.5 Å². The van der Waals surface area contributed by atoms with Crippen molar-refractivity contribution in [3.63, 3.8) is 0 Å². The monoisotopic (exact) mass is 251 g/mol. The van der Waals surface area contributed by atoms with Crippen molar-refractivity contribution in [3.05, 3.63) is 35.2 Å². The first kappa shape index (κ1) is 13.1. The van der Waals surface area contributed by atoms with E-state index in [1.165, 1.54) is 6.07 Å². The first-order valence-electron chi connectivity index (χ1n) is 6.00. The largest absolute Gasteiger partial charge is 0.394 e. The van der Waals surface area contributed by atoms with Gasteiger partial charge in [0, 0.05) is 23.2 Å². The molecule has 18 heavy (non-hydrogen) atoms. The molecule has 1 aromatic rings. The lowest BCUT2D eigenvalue weighted by atomic mass is 9.86. The molecule has 1 unspecified atom stereocenters. The van der Waals surface area contributed by atoms with Crippen LogP contribution in [-0.2, 0) is 5.41 Å². The maximum atomic E-state index is 14.1. The Morgan fingerprint density at radius 2 is 2.11 bits per heavy atom. The van der Waals surface area contributed by atoms with Crippen molar-refractivity contribution >= 4 is 11.8 Å². The highest BCUT2D eigenvalue weighted by atomic mass is 19.1. The van der Waals surface area contributed by atoms with Gasteiger partial charge in [-0.1, -0.05) is 26.0 Å². The van der Waals surface area contributed by atoms with Gasteiger partial charge >= 0.3 is 0 Å². The second-order valence-electron chi connectivity index (χ2n) is 5.19. The lowest BCUT2D eigenvalue weighted by molar-refractivity contribution is 0.105. The zero-order valence-electron chi connectivity index (χ0n) is 10.6. The van der Waals surface area contributed by atoms with Crippen LogP contribution in [0.15, 0.2) is 18.2 Å². The number of hydrogen-bond donors (Lipinski definition) is 3. The fourth-order valence-corrected chi connectivity index (χ4v) is 2.22. The van der Waals surface area contributed by atoms with Crippen LogP contribution in [0.25, 0.3) is 6.08 Å². The summed E-state index contributed by atoms with van der Waals surface area (Å²) in [7, 11) is 0. The summed E-state index contributed by atoms with van der Waals surface area (Å²) in [5.74, 6) is -0.247. The molecule has 3 N–H and O–H groups in total. The molecule has 98 valence electrons. The summed E-state index contributed by atoms with van der Waals surface area (Å²) in [6, 6.07) is 3.28. The van der Waals surface area contributed by atoms with Crippen LogP contribution in [0, 0.1) is 5.82 Å². The molecule has 0 saturated heterocycles. The van der Waals surface area contributed by atoms with Crippen LogP contribution in [0.2, 0.25) is 0 Å². The van der Waals surface area contributed by atoms with Gasteiger partial charge in [0.1, 0.15) is 5.82 Å². The summed E-state index contributed by atoms with van der Waals surface area (Å²) >= 11 is 0. The molecule has 1 atom stereocenters. The smallest absolute Gasteiger partial charge is 0.129 e. The van der Waals surface area contributed by atoms with Gasteiger partial charge in [0.25, 0.3) is 0 Å². The van der Waals surface area contributed by atoms with Gasteiger partial charge in [-0.05, 0) is 17.7 Å². The minimum Gasteiger partial charge on any atom is -0.394 e. The first-order chi connectivity index (χ1) is 8.44.